The number of nitrogen functional groups attached to an aromatic ring is 1. The lowest BCUT2D eigenvalue weighted by Gasteiger charge is -2.06. The highest BCUT2D eigenvalue weighted by Gasteiger charge is 2.15. The molecule has 0 unspecified atom stereocenters. The molecule has 2 aromatic rings. The number of rotatable bonds is 5. The van der Waals surface area contributed by atoms with Gasteiger partial charge in [-0.1, -0.05) is 0 Å². The third-order valence-corrected chi connectivity index (χ3v) is 3.80. The summed E-state index contributed by atoms with van der Waals surface area (Å²) < 4.78 is 28.1. The third kappa shape index (κ3) is 3.28. The van der Waals surface area contributed by atoms with Gasteiger partial charge in [-0.15, -0.1) is 0 Å². The summed E-state index contributed by atoms with van der Waals surface area (Å²) in [5, 5.41) is 4.09. The first-order chi connectivity index (χ1) is 9.01. The van der Waals surface area contributed by atoms with Crippen LogP contribution in [0.5, 0.6) is 0 Å². The summed E-state index contributed by atoms with van der Waals surface area (Å²) >= 11 is 0. The van der Waals surface area contributed by atoms with Gasteiger partial charge in [-0.2, -0.15) is 5.10 Å². The van der Waals surface area contributed by atoms with Crippen LogP contribution in [0.4, 0.5) is 5.82 Å². The van der Waals surface area contributed by atoms with Crippen LogP contribution >= 0.6 is 0 Å². The van der Waals surface area contributed by atoms with E-state index in [4.69, 9.17) is 5.84 Å². The van der Waals surface area contributed by atoms with Crippen LogP contribution < -0.4 is 16.0 Å². The van der Waals surface area contributed by atoms with Gasteiger partial charge in [0.15, 0.2) is 0 Å². The second-order valence-corrected chi connectivity index (χ2v) is 5.59. The second kappa shape index (κ2) is 5.34. The summed E-state index contributed by atoms with van der Waals surface area (Å²) in [6.45, 7) is 0.122. The number of nitrogens with two attached hydrogens (primary N) is 1. The lowest BCUT2D eigenvalue weighted by Crippen LogP contribution is -2.24. The summed E-state index contributed by atoms with van der Waals surface area (Å²) in [7, 11) is -1.85. The molecular weight excluding hydrogens is 268 g/mol. The average Bonchev–Trinajstić information content (AvgIpc) is 2.82. The minimum Gasteiger partial charge on any atom is -0.308 e. The normalized spacial score (nSPS) is 11.5. The Morgan fingerprint density at radius 1 is 1.42 bits per heavy atom. The first kappa shape index (κ1) is 13.5. The van der Waals surface area contributed by atoms with E-state index in [2.05, 4.69) is 20.2 Å². The summed E-state index contributed by atoms with van der Waals surface area (Å²) in [4.78, 5) is 3.94. The molecule has 0 aromatic carbocycles. The van der Waals surface area contributed by atoms with Gasteiger partial charge >= 0.3 is 0 Å². The Labute approximate surface area is 110 Å². The Hall–Kier alpha value is -1.97. The Bertz CT molecular complexity index is 666. The number of pyridine rings is 1. The van der Waals surface area contributed by atoms with Crippen LogP contribution in [0.2, 0.25) is 0 Å². The minimum absolute atomic E-state index is 0.0892. The molecule has 19 heavy (non-hydrogen) atoms. The summed E-state index contributed by atoms with van der Waals surface area (Å²) in [5.41, 5.74) is 2.93. The van der Waals surface area contributed by atoms with Crippen molar-refractivity contribution in [3.8, 4) is 0 Å². The maximum atomic E-state index is 12.0. The lowest BCUT2D eigenvalue weighted by molar-refractivity contribution is 0.579. The van der Waals surface area contributed by atoms with Gasteiger partial charge in [-0.25, -0.2) is 24.0 Å². The van der Waals surface area contributed by atoms with Crippen molar-refractivity contribution in [3.05, 3.63) is 36.3 Å². The zero-order valence-electron chi connectivity index (χ0n) is 10.2. The van der Waals surface area contributed by atoms with Crippen LogP contribution in [-0.4, -0.2) is 23.2 Å². The molecule has 102 valence electrons. The Kier molecular flexibility index (Phi) is 3.79. The first-order valence-electron chi connectivity index (χ1n) is 5.42. The zero-order chi connectivity index (χ0) is 13.9. The molecule has 0 saturated carbocycles. The number of anilines is 1. The van der Waals surface area contributed by atoms with Gasteiger partial charge in [0.05, 0.1) is 17.1 Å². The van der Waals surface area contributed by atoms with Crippen LogP contribution in [0.25, 0.3) is 0 Å². The molecule has 9 heteroatoms. The van der Waals surface area contributed by atoms with E-state index in [-0.39, 0.29) is 17.3 Å². The first-order valence-corrected chi connectivity index (χ1v) is 6.90. The van der Waals surface area contributed by atoms with E-state index < -0.39 is 10.0 Å². The van der Waals surface area contributed by atoms with Gasteiger partial charge in [0.25, 0.3) is 0 Å². The molecular formula is C10H14N6O2S. The number of sulfonamides is 1. The molecule has 2 aromatic heterocycles. The highest BCUT2D eigenvalue weighted by molar-refractivity contribution is 7.89. The van der Waals surface area contributed by atoms with E-state index in [9.17, 15) is 8.42 Å². The fourth-order valence-corrected chi connectivity index (χ4v) is 2.48. The van der Waals surface area contributed by atoms with Crippen molar-refractivity contribution in [3.63, 3.8) is 0 Å². The van der Waals surface area contributed by atoms with E-state index in [1.807, 2.05) is 0 Å². The maximum Gasteiger partial charge on any atom is 0.241 e. The largest absolute Gasteiger partial charge is 0.308 e. The number of hydrogen-bond donors (Lipinski definition) is 3. The van der Waals surface area contributed by atoms with Crippen LogP contribution in [-0.2, 0) is 23.6 Å². The van der Waals surface area contributed by atoms with Gasteiger partial charge in [0.2, 0.25) is 10.0 Å². The van der Waals surface area contributed by atoms with E-state index in [1.54, 1.807) is 24.0 Å². The molecule has 2 heterocycles. The van der Waals surface area contributed by atoms with Crippen molar-refractivity contribution < 1.29 is 8.42 Å². The van der Waals surface area contributed by atoms with Crippen molar-refractivity contribution in [2.24, 2.45) is 12.9 Å². The molecule has 4 N–H and O–H groups in total. The molecule has 0 radical (unpaired) electrons. The number of aromatic nitrogens is 3. The van der Waals surface area contributed by atoms with Crippen molar-refractivity contribution in [2.45, 2.75) is 11.4 Å². The van der Waals surface area contributed by atoms with Gasteiger partial charge in [-0.3, -0.25) is 4.68 Å². The van der Waals surface area contributed by atoms with Crippen LogP contribution in [0.15, 0.2) is 35.5 Å². The molecule has 0 aliphatic heterocycles. The quantitative estimate of drug-likeness (QED) is 0.507. The number of hydrazine groups is 1. The van der Waals surface area contributed by atoms with Crippen molar-refractivity contribution in [1.82, 2.24) is 19.5 Å². The fourth-order valence-electron chi connectivity index (χ4n) is 1.47. The van der Waals surface area contributed by atoms with E-state index in [0.717, 1.165) is 0 Å². The summed E-state index contributed by atoms with van der Waals surface area (Å²) in [5.74, 6) is 5.47. The van der Waals surface area contributed by atoms with Gasteiger partial charge in [-0.05, 0) is 12.1 Å². The summed E-state index contributed by atoms with van der Waals surface area (Å²) in [6, 6.07) is 4.48. The SMILES string of the molecule is Cn1ccc(CNS(=O)(=O)c2ccnc(NN)c2)n1. The molecule has 0 aliphatic carbocycles. The second-order valence-electron chi connectivity index (χ2n) is 3.83. The topological polar surface area (TPSA) is 115 Å². The molecule has 8 nitrogen and oxygen atoms in total. The number of nitrogens with one attached hydrogen (secondary N) is 2. The Morgan fingerprint density at radius 2 is 2.21 bits per heavy atom. The lowest BCUT2D eigenvalue weighted by atomic mass is 10.4. The summed E-state index contributed by atoms with van der Waals surface area (Å²) in [6.07, 6.45) is 3.11. The van der Waals surface area contributed by atoms with Crippen LogP contribution in [0, 0.1) is 0 Å². The molecule has 0 spiro atoms. The predicted octanol–water partition coefficient (Wildman–Crippen LogP) is -0.421. The Balaban J connectivity index is 2.13. The van der Waals surface area contributed by atoms with E-state index in [1.165, 1.54) is 18.3 Å². The third-order valence-electron chi connectivity index (χ3n) is 2.40. The molecule has 0 aliphatic rings. The molecule has 0 bridgehead atoms. The van der Waals surface area contributed by atoms with Gasteiger partial charge < -0.3 is 5.43 Å². The van der Waals surface area contributed by atoms with Crippen molar-refractivity contribution in [1.29, 1.82) is 0 Å². The molecule has 0 amide bonds. The number of hydrogen-bond acceptors (Lipinski definition) is 6. The van der Waals surface area contributed by atoms with E-state index >= 15 is 0 Å². The maximum absolute atomic E-state index is 12.0. The fraction of sp³-hybridized carbons (Fsp3) is 0.200. The molecule has 0 fully saturated rings. The standard InChI is InChI=1S/C10H14N6O2S/c1-16-5-3-8(15-16)7-13-19(17,18)9-2-4-12-10(6-9)14-11/h2-6,13H,7,11H2,1H3,(H,12,14). The van der Waals surface area contributed by atoms with Crippen LogP contribution in [0.1, 0.15) is 5.69 Å². The monoisotopic (exact) mass is 282 g/mol. The molecule has 0 saturated heterocycles. The van der Waals surface area contributed by atoms with Crippen molar-refractivity contribution in [2.75, 3.05) is 5.43 Å². The predicted molar refractivity (Wildman–Crippen MR) is 69.3 cm³/mol. The Morgan fingerprint density at radius 3 is 2.84 bits per heavy atom. The highest BCUT2D eigenvalue weighted by Crippen LogP contribution is 2.12. The smallest absolute Gasteiger partial charge is 0.241 e. The molecule has 2 rings (SSSR count). The van der Waals surface area contributed by atoms with Crippen LogP contribution in [0.3, 0.4) is 0 Å². The zero-order valence-corrected chi connectivity index (χ0v) is 11.1. The average molecular weight is 282 g/mol. The van der Waals surface area contributed by atoms with Gasteiger partial charge in [0.1, 0.15) is 5.82 Å². The van der Waals surface area contributed by atoms with E-state index in [0.29, 0.717) is 5.69 Å². The molecule has 0 atom stereocenters. The minimum atomic E-state index is -3.62. The number of nitrogens with zero attached hydrogens (tertiary/aromatic N) is 3. The number of aryl methyl sites for hydroxylation is 1. The van der Waals surface area contributed by atoms with Gasteiger partial charge in [0, 0.05) is 25.5 Å². The van der Waals surface area contributed by atoms with Crippen molar-refractivity contribution >= 4 is 15.8 Å². The highest BCUT2D eigenvalue weighted by atomic mass is 32.2.